The summed E-state index contributed by atoms with van der Waals surface area (Å²) in [4.78, 5) is 14.3. The highest BCUT2D eigenvalue weighted by Crippen LogP contribution is 2.40. The van der Waals surface area contributed by atoms with E-state index in [9.17, 15) is 35.5 Å². The molecule has 1 heterocycles. The van der Waals surface area contributed by atoms with Crippen molar-refractivity contribution in [1.82, 2.24) is 10.2 Å². The van der Waals surface area contributed by atoms with Gasteiger partial charge in [-0.05, 0) is 62.9 Å². The van der Waals surface area contributed by atoms with Crippen LogP contribution in [0.4, 0.5) is 42.1 Å². The summed E-state index contributed by atoms with van der Waals surface area (Å²) >= 11 is 1.13. The second kappa shape index (κ2) is 14.2. The number of alkyl halides is 6. The lowest BCUT2D eigenvalue weighted by molar-refractivity contribution is -0.153. The molecule has 1 fully saturated rings. The smallest absolute Gasteiger partial charge is 0.422 e. The average Bonchev–Trinajstić information content (AvgIpc) is 3.30. The average molecular weight is 659 g/mol. The molecule has 0 bridgehead atoms. The molecule has 6 nitrogen and oxygen atoms in total. The van der Waals surface area contributed by atoms with Crippen molar-refractivity contribution in [3.8, 4) is 17.6 Å². The van der Waals surface area contributed by atoms with E-state index in [1.54, 1.807) is 12.1 Å². The van der Waals surface area contributed by atoms with Crippen molar-refractivity contribution in [3.05, 3.63) is 52.2 Å². The normalized spacial score (nSPS) is 17.1. The molecule has 0 atom stereocenters. The van der Waals surface area contributed by atoms with Crippen molar-refractivity contribution in [1.29, 1.82) is 0 Å². The zero-order valence-electron chi connectivity index (χ0n) is 24.8. The molecule has 1 saturated carbocycles. The second-order valence-corrected chi connectivity index (χ2v) is 12.0. The maximum Gasteiger partial charge on any atom is 0.422 e. The number of amides is 1. The van der Waals surface area contributed by atoms with Crippen LogP contribution in [0.15, 0.2) is 30.3 Å². The molecule has 14 heteroatoms. The molecule has 3 aromatic rings. The van der Waals surface area contributed by atoms with Crippen molar-refractivity contribution >= 4 is 38.7 Å². The van der Waals surface area contributed by atoms with Crippen molar-refractivity contribution in [3.63, 3.8) is 0 Å². The lowest BCUT2D eigenvalue weighted by atomic mass is 9.90. The number of rotatable bonds is 9. The first-order valence-electron chi connectivity index (χ1n) is 14.2. The van der Waals surface area contributed by atoms with Crippen LogP contribution >= 0.6 is 11.3 Å². The topological polar surface area (TPSA) is 65.6 Å². The second-order valence-electron chi connectivity index (χ2n) is 11.0. The maximum absolute atomic E-state index is 14.6. The number of nitrogens with one attached hydrogen (secondary N) is 3. The fraction of sp³-hybridized carbons (Fsp3) is 0.452. The van der Waals surface area contributed by atoms with Gasteiger partial charge in [-0.25, -0.2) is 4.39 Å². The van der Waals surface area contributed by atoms with E-state index in [-0.39, 0.29) is 28.7 Å². The van der Waals surface area contributed by atoms with Crippen LogP contribution in [0.2, 0.25) is 0 Å². The van der Waals surface area contributed by atoms with Crippen LogP contribution < -0.4 is 20.7 Å². The van der Waals surface area contributed by atoms with Crippen molar-refractivity contribution in [2.45, 2.75) is 56.5 Å². The quantitative estimate of drug-likeness (QED) is 0.168. The van der Waals surface area contributed by atoms with Crippen molar-refractivity contribution in [2.24, 2.45) is 0 Å². The number of hydrogen-bond donors (Lipinski definition) is 3. The van der Waals surface area contributed by atoms with Gasteiger partial charge in [0, 0.05) is 25.2 Å². The summed E-state index contributed by atoms with van der Waals surface area (Å²) in [5.74, 6) is 3.14. The van der Waals surface area contributed by atoms with E-state index in [1.807, 2.05) is 20.2 Å². The molecule has 0 unspecified atom stereocenters. The van der Waals surface area contributed by atoms with E-state index < -0.39 is 48.4 Å². The Morgan fingerprint density at radius 3 is 2.38 bits per heavy atom. The molecule has 244 valence electrons. The Bertz CT molecular complexity index is 1570. The number of nitrogens with zero attached hydrogens (tertiary/aromatic N) is 1. The molecule has 0 aliphatic heterocycles. The zero-order valence-corrected chi connectivity index (χ0v) is 25.6. The lowest BCUT2D eigenvalue weighted by Crippen LogP contribution is -2.36. The van der Waals surface area contributed by atoms with Gasteiger partial charge in [0.1, 0.15) is 11.6 Å². The number of ether oxygens (including phenoxy) is 1. The zero-order chi connectivity index (χ0) is 32.9. The van der Waals surface area contributed by atoms with Gasteiger partial charge in [0.25, 0.3) is 5.91 Å². The Labute approximate surface area is 260 Å². The first kappa shape index (κ1) is 34.2. The highest BCUT2D eigenvalue weighted by atomic mass is 32.1. The van der Waals surface area contributed by atoms with E-state index in [0.717, 1.165) is 54.8 Å². The van der Waals surface area contributed by atoms with E-state index in [0.29, 0.717) is 16.1 Å². The summed E-state index contributed by atoms with van der Waals surface area (Å²) in [6, 6.07) is 7.50. The lowest BCUT2D eigenvalue weighted by Gasteiger charge is -2.33. The Morgan fingerprint density at radius 1 is 1.04 bits per heavy atom. The minimum Gasteiger partial charge on any atom is -0.482 e. The molecule has 1 aliphatic carbocycles. The number of carbonyl (C=O) groups is 1. The van der Waals surface area contributed by atoms with Crippen LogP contribution in [0.1, 0.15) is 46.5 Å². The Balaban J connectivity index is 1.59. The number of halogens is 7. The van der Waals surface area contributed by atoms with Crippen LogP contribution in [0.3, 0.4) is 0 Å². The predicted molar refractivity (Wildman–Crippen MR) is 162 cm³/mol. The molecule has 1 aliphatic rings. The van der Waals surface area contributed by atoms with E-state index in [2.05, 4.69) is 32.7 Å². The summed E-state index contributed by atoms with van der Waals surface area (Å²) < 4.78 is 99.4. The predicted octanol–water partition coefficient (Wildman–Crippen LogP) is 7.19. The standard InChI is InChI=1S/C31H33F7N4O2S/c1-39-29(43)21-14-26(44-17-31(36,37)38)25(15-23(21)32)40-13-5-8-27-22(16-30(33,34)35)20-6-4-7-24(28(20)45-27)41-18-9-11-19(12-10-18)42(2)3/h4,6-7,14-15,18-19,40-41H,9-13,16-17H2,1-3H3,(H,39,43). The Morgan fingerprint density at radius 2 is 1.76 bits per heavy atom. The minimum atomic E-state index is -4.70. The molecule has 0 radical (unpaired) electrons. The number of hydrogen-bond acceptors (Lipinski definition) is 6. The molecule has 45 heavy (non-hydrogen) atoms. The summed E-state index contributed by atoms with van der Waals surface area (Å²) in [7, 11) is 5.33. The third-order valence-electron chi connectivity index (χ3n) is 7.48. The molecular formula is C31H33F7N4O2S. The SMILES string of the molecule is CNC(=O)c1cc(OCC(F)(F)F)c(NCC#Cc2sc3c(NC4CCC(N(C)C)CC4)cccc3c2CC(F)(F)F)cc1F. The number of anilines is 2. The Hall–Kier alpha value is -3.70. The van der Waals surface area contributed by atoms with E-state index >= 15 is 0 Å². The summed E-state index contributed by atoms with van der Waals surface area (Å²) in [5, 5.41) is 8.80. The largest absolute Gasteiger partial charge is 0.482 e. The molecule has 0 saturated heterocycles. The molecule has 2 aromatic carbocycles. The summed E-state index contributed by atoms with van der Waals surface area (Å²) in [5.41, 5.74) is 0.0354. The van der Waals surface area contributed by atoms with Crippen LogP contribution in [-0.4, -0.2) is 69.5 Å². The van der Waals surface area contributed by atoms with Crippen molar-refractivity contribution in [2.75, 3.05) is 44.9 Å². The highest BCUT2D eigenvalue weighted by Gasteiger charge is 2.32. The molecular weight excluding hydrogens is 625 g/mol. The van der Waals surface area contributed by atoms with E-state index in [4.69, 9.17) is 4.74 Å². The number of fused-ring (bicyclic) bond motifs is 1. The van der Waals surface area contributed by atoms with Crippen molar-refractivity contribution < 1.29 is 40.3 Å². The van der Waals surface area contributed by atoms with Gasteiger partial charge >= 0.3 is 12.4 Å². The fourth-order valence-corrected chi connectivity index (χ4v) is 6.43. The molecule has 1 amide bonds. The van der Waals surface area contributed by atoms with Gasteiger partial charge in [-0.3, -0.25) is 4.79 Å². The van der Waals surface area contributed by atoms with Crippen LogP contribution in [0.25, 0.3) is 10.1 Å². The molecule has 4 rings (SSSR count). The van der Waals surface area contributed by atoms with Gasteiger partial charge in [0.05, 0.1) is 39.5 Å². The van der Waals surface area contributed by atoms with Gasteiger partial charge in [0.15, 0.2) is 6.61 Å². The molecule has 3 N–H and O–H groups in total. The Kier molecular flexibility index (Phi) is 10.8. The number of thiophene rings is 1. The van der Waals surface area contributed by atoms with Gasteiger partial charge < -0.3 is 25.6 Å². The first-order chi connectivity index (χ1) is 21.1. The number of carbonyl (C=O) groups excluding carboxylic acids is 1. The highest BCUT2D eigenvalue weighted by molar-refractivity contribution is 7.20. The fourth-order valence-electron chi connectivity index (χ4n) is 5.26. The maximum atomic E-state index is 14.6. The first-order valence-corrected chi connectivity index (χ1v) is 15.0. The third-order valence-corrected chi connectivity index (χ3v) is 8.68. The summed E-state index contributed by atoms with van der Waals surface area (Å²) in [6.07, 6.45) is -6.51. The van der Waals surface area contributed by atoms with Gasteiger partial charge in [-0.2, -0.15) is 26.3 Å². The number of benzene rings is 2. The van der Waals surface area contributed by atoms with Crippen LogP contribution in [0.5, 0.6) is 5.75 Å². The van der Waals surface area contributed by atoms with Gasteiger partial charge in [-0.1, -0.05) is 24.0 Å². The van der Waals surface area contributed by atoms with E-state index in [1.165, 1.54) is 7.05 Å². The van der Waals surface area contributed by atoms with Gasteiger partial charge in [0.2, 0.25) is 0 Å². The van der Waals surface area contributed by atoms with Gasteiger partial charge in [-0.15, -0.1) is 11.3 Å². The van der Waals surface area contributed by atoms with Crippen LogP contribution in [0, 0.1) is 17.7 Å². The van der Waals surface area contributed by atoms with Crippen LogP contribution in [-0.2, 0) is 6.42 Å². The monoisotopic (exact) mass is 658 g/mol. The molecule has 0 spiro atoms. The minimum absolute atomic E-state index is 0.0325. The molecule has 1 aromatic heterocycles. The third kappa shape index (κ3) is 9.17. The summed E-state index contributed by atoms with van der Waals surface area (Å²) in [6.45, 7) is -1.96.